The van der Waals surface area contributed by atoms with E-state index in [2.05, 4.69) is 15.5 Å². The van der Waals surface area contributed by atoms with Crippen LogP contribution in [0.5, 0.6) is 5.75 Å². The van der Waals surface area contributed by atoms with Crippen LogP contribution in [0.1, 0.15) is 0 Å². The van der Waals surface area contributed by atoms with Gasteiger partial charge in [-0.15, -0.1) is 0 Å². The molecule has 1 amide bonds. The number of piperazine rings is 1. The molecule has 0 saturated carbocycles. The average Bonchev–Trinajstić information content (AvgIpc) is 2.63. The van der Waals surface area contributed by atoms with Gasteiger partial charge in [-0.2, -0.15) is 0 Å². The smallest absolute Gasteiger partial charge is 0.404 e. The van der Waals surface area contributed by atoms with E-state index in [1.807, 2.05) is 12.1 Å². The van der Waals surface area contributed by atoms with Crippen LogP contribution in [0.4, 0.5) is 10.5 Å². The van der Waals surface area contributed by atoms with E-state index in [4.69, 9.17) is 30.9 Å². The Kier molecular flexibility index (Phi) is 9.33. The zero-order valence-corrected chi connectivity index (χ0v) is 15.5. The van der Waals surface area contributed by atoms with Crippen molar-refractivity contribution in [2.75, 3.05) is 70.7 Å². The van der Waals surface area contributed by atoms with E-state index in [1.54, 1.807) is 6.07 Å². The summed E-state index contributed by atoms with van der Waals surface area (Å²) >= 11 is 6.20. The molecular weight excluding hydrogens is 362 g/mol. The van der Waals surface area contributed by atoms with Crippen LogP contribution in [-0.2, 0) is 9.47 Å². The SMILES string of the molecule is O=C(O)NCCOCCOCCOc1cc(Cl)cc(N2CCNCC2)c1. The first-order chi connectivity index (χ1) is 12.6. The van der Waals surface area contributed by atoms with Crippen LogP contribution in [0.2, 0.25) is 5.02 Å². The molecule has 1 aliphatic rings. The van der Waals surface area contributed by atoms with Gasteiger partial charge >= 0.3 is 6.09 Å². The van der Waals surface area contributed by atoms with Crippen molar-refractivity contribution in [3.63, 3.8) is 0 Å². The van der Waals surface area contributed by atoms with Gasteiger partial charge in [0.25, 0.3) is 0 Å². The fourth-order valence-electron chi connectivity index (χ4n) is 2.51. The van der Waals surface area contributed by atoms with Crippen molar-refractivity contribution in [1.82, 2.24) is 10.6 Å². The zero-order valence-electron chi connectivity index (χ0n) is 14.7. The Morgan fingerprint density at radius 2 is 1.81 bits per heavy atom. The lowest BCUT2D eigenvalue weighted by atomic mass is 10.2. The predicted molar refractivity (Wildman–Crippen MR) is 99.7 cm³/mol. The predicted octanol–water partition coefficient (Wildman–Crippen LogP) is 1.43. The second-order valence-electron chi connectivity index (χ2n) is 5.69. The maximum atomic E-state index is 10.2. The molecule has 1 fully saturated rings. The molecule has 0 aromatic heterocycles. The molecule has 1 aliphatic heterocycles. The van der Waals surface area contributed by atoms with Crippen molar-refractivity contribution in [3.8, 4) is 5.75 Å². The first kappa shape index (κ1) is 20.6. The van der Waals surface area contributed by atoms with Crippen molar-refractivity contribution in [2.24, 2.45) is 0 Å². The largest absolute Gasteiger partial charge is 0.491 e. The Bertz CT molecular complexity index is 555. The van der Waals surface area contributed by atoms with Crippen LogP contribution in [0.15, 0.2) is 18.2 Å². The molecule has 1 aromatic rings. The Labute approximate surface area is 158 Å². The fraction of sp³-hybridized carbons (Fsp3) is 0.588. The number of carbonyl (C=O) groups is 1. The number of hydrogen-bond donors (Lipinski definition) is 3. The Morgan fingerprint density at radius 1 is 1.12 bits per heavy atom. The second kappa shape index (κ2) is 11.8. The molecule has 0 spiro atoms. The highest BCUT2D eigenvalue weighted by atomic mass is 35.5. The number of amides is 1. The molecule has 26 heavy (non-hydrogen) atoms. The summed E-state index contributed by atoms with van der Waals surface area (Å²) in [6.45, 7) is 6.11. The van der Waals surface area contributed by atoms with E-state index in [1.165, 1.54) is 0 Å². The highest BCUT2D eigenvalue weighted by Crippen LogP contribution is 2.27. The zero-order chi connectivity index (χ0) is 18.6. The molecule has 1 heterocycles. The van der Waals surface area contributed by atoms with Crippen molar-refractivity contribution in [1.29, 1.82) is 0 Å². The third kappa shape index (κ3) is 8.09. The number of rotatable bonds is 11. The molecule has 8 nitrogen and oxygen atoms in total. The summed E-state index contributed by atoms with van der Waals surface area (Å²) in [6.07, 6.45) is -1.05. The van der Waals surface area contributed by atoms with Gasteiger partial charge in [0.15, 0.2) is 0 Å². The highest BCUT2D eigenvalue weighted by Gasteiger charge is 2.12. The number of halogens is 1. The maximum Gasteiger partial charge on any atom is 0.404 e. The Morgan fingerprint density at radius 3 is 2.54 bits per heavy atom. The number of nitrogens with one attached hydrogen (secondary N) is 2. The second-order valence-corrected chi connectivity index (χ2v) is 6.12. The van der Waals surface area contributed by atoms with E-state index < -0.39 is 6.09 Å². The van der Waals surface area contributed by atoms with Gasteiger partial charge < -0.3 is 34.9 Å². The van der Waals surface area contributed by atoms with Gasteiger partial charge in [0.05, 0.1) is 26.4 Å². The van der Waals surface area contributed by atoms with Gasteiger partial charge in [-0.05, 0) is 12.1 Å². The summed E-state index contributed by atoms with van der Waals surface area (Å²) in [7, 11) is 0. The van der Waals surface area contributed by atoms with Gasteiger partial charge in [0.2, 0.25) is 0 Å². The molecule has 0 unspecified atom stereocenters. The average molecular weight is 388 g/mol. The normalized spacial score (nSPS) is 14.3. The van der Waals surface area contributed by atoms with Crippen LogP contribution >= 0.6 is 11.6 Å². The molecule has 0 radical (unpaired) electrons. The third-order valence-electron chi connectivity index (χ3n) is 3.73. The van der Waals surface area contributed by atoms with E-state index in [0.29, 0.717) is 38.1 Å². The van der Waals surface area contributed by atoms with Crippen molar-refractivity contribution in [3.05, 3.63) is 23.2 Å². The molecule has 0 aliphatic carbocycles. The van der Waals surface area contributed by atoms with E-state index in [-0.39, 0.29) is 6.54 Å². The van der Waals surface area contributed by atoms with Gasteiger partial charge in [0.1, 0.15) is 12.4 Å². The molecule has 1 aromatic carbocycles. The molecule has 0 bridgehead atoms. The standard InChI is InChI=1S/C17H26ClN3O5/c18-14-11-15(21-4-1-19-2-5-21)13-16(12-14)26-10-9-25-8-7-24-6-3-20-17(22)23/h11-13,19-20H,1-10H2,(H,22,23). The van der Waals surface area contributed by atoms with Crippen LogP contribution < -0.4 is 20.3 Å². The van der Waals surface area contributed by atoms with E-state index in [9.17, 15) is 4.79 Å². The van der Waals surface area contributed by atoms with Crippen molar-refractivity contribution in [2.45, 2.75) is 0 Å². The van der Waals surface area contributed by atoms with Gasteiger partial charge in [-0.3, -0.25) is 0 Å². The molecule has 146 valence electrons. The molecule has 1 saturated heterocycles. The minimum atomic E-state index is -1.05. The summed E-state index contributed by atoms with van der Waals surface area (Å²) in [6, 6.07) is 5.74. The van der Waals surface area contributed by atoms with Crippen molar-refractivity contribution >= 4 is 23.4 Å². The first-order valence-corrected chi connectivity index (χ1v) is 9.04. The number of carboxylic acid groups (broad SMARTS) is 1. The molecular formula is C17H26ClN3O5. The fourth-order valence-corrected chi connectivity index (χ4v) is 2.73. The van der Waals surface area contributed by atoms with Crippen LogP contribution in [-0.4, -0.2) is 77.0 Å². The summed E-state index contributed by atoms with van der Waals surface area (Å²) in [4.78, 5) is 12.5. The lowest BCUT2D eigenvalue weighted by molar-refractivity contribution is 0.0374. The first-order valence-electron chi connectivity index (χ1n) is 8.66. The molecule has 9 heteroatoms. The molecule has 3 N–H and O–H groups in total. The quantitative estimate of drug-likeness (QED) is 0.494. The number of nitrogens with zero attached hydrogens (tertiary/aromatic N) is 1. The summed E-state index contributed by atoms with van der Waals surface area (Å²) < 4.78 is 16.4. The topological polar surface area (TPSA) is 92.3 Å². The number of ether oxygens (including phenoxy) is 3. The van der Waals surface area contributed by atoms with Crippen LogP contribution in [0.3, 0.4) is 0 Å². The van der Waals surface area contributed by atoms with Crippen LogP contribution in [0, 0.1) is 0 Å². The maximum absolute atomic E-state index is 10.2. The van der Waals surface area contributed by atoms with E-state index in [0.717, 1.165) is 37.6 Å². The summed E-state index contributed by atoms with van der Waals surface area (Å²) in [5.74, 6) is 0.727. The van der Waals surface area contributed by atoms with Crippen LogP contribution in [0.25, 0.3) is 0 Å². The highest BCUT2D eigenvalue weighted by molar-refractivity contribution is 6.31. The molecule has 0 atom stereocenters. The minimum absolute atomic E-state index is 0.266. The monoisotopic (exact) mass is 387 g/mol. The number of anilines is 1. The summed E-state index contributed by atoms with van der Waals surface area (Å²) in [5.41, 5.74) is 1.07. The van der Waals surface area contributed by atoms with Crippen molar-refractivity contribution < 1.29 is 24.1 Å². The lowest BCUT2D eigenvalue weighted by Crippen LogP contribution is -2.43. The van der Waals surface area contributed by atoms with Gasteiger partial charge in [-0.25, -0.2) is 4.79 Å². The molecule has 2 rings (SSSR count). The Balaban J connectivity index is 1.59. The van der Waals surface area contributed by atoms with Gasteiger partial charge in [-0.1, -0.05) is 11.6 Å². The number of benzene rings is 1. The number of hydrogen-bond acceptors (Lipinski definition) is 6. The minimum Gasteiger partial charge on any atom is -0.491 e. The summed E-state index contributed by atoms with van der Waals surface area (Å²) in [5, 5.41) is 14.6. The lowest BCUT2D eigenvalue weighted by Gasteiger charge is -2.29. The third-order valence-corrected chi connectivity index (χ3v) is 3.95. The van der Waals surface area contributed by atoms with E-state index >= 15 is 0 Å². The van der Waals surface area contributed by atoms with Gasteiger partial charge in [0, 0.05) is 49.5 Å². The Hall–Kier alpha value is -1.74.